The van der Waals surface area contributed by atoms with Crippen LogP contribution >= 0.6 is 12.2 Å². The van der Waals surface area contributed by atoms with E-state index in [0.717, 1.165) is 43.3 Å². The van der Waals surface area contributed by atoms with Crippen LogP contribution in [-0.2, 0) is 14.3 Å². The summed E-state index contributed by atoms with van der Waals surface area (Å²) in [7, 11) is 0. The highest BCUT2D eigenvalue weighted by molar-refractivity contribution is 7.80. The Morgan fingerprint density at radius 1 is 1.32 bits per heavy atom. The molecule has 0 spiro atoms. The number of carbonyl (C=O) groups excluding carboxylic acids is 1. The predicted octanol–water partition coefficient (Wildman–Crippen LogP) is 1.88. The van der Waals surface area contributed by atoms with Gasteiger partial charge in [-0.3, -0.25) is 0 Å². The number of allylic oxidation sites excluding steroid dienone is 1. The first-order valence-corrected chi connectivity index (χ1v) is 8.89. The van der Waals surface area contributed by atoms with Gasteiger partial charge in [0.2, 0.25) is 0 Å². The normalized spacial score (nSPS) is 20.8. The topological polar surface area (TPSA) is 62.8 Å². The fraction of sp³-hybridized carbons (Fsp3) is 0.444. The third-order valence-corrected chi connectivity index (χ3v) is 4.59. The van der Waals surface area contributed by atoms with Crippen molar-refractivity contribution in [3.8, 4) is 0 Å². The lowest BCUT2D eigenvalue weighted by atomic mass is 9.95. The van der Waals surface area contributed by atoms with E-state index in [-0.39, 0.29) is 12.0 Å². The Morgan fingerprint density at radius 3 is 2.64 bits per heavy atom. The van der Waals surface area contributed by atoms with Crippen molar-refractivity contribution in [1.82, 2.24) is 10.6 Å². The molecule has 134 valence electrons. The van der Waals surface area contributed by atoms with E-state index in [1.54, 1.807) is 6.92 Å². The van der Waals surface area contributed by atoms with Crippen LogP contribution in [0.15, 0.2) is 35.5 Å². The summed E-state index contributed by atoms with van der Waals surface area (Å²) in [5.74, 6) is -0.329. The maximum Gasteiger partial charge on any atom is 0.338 e. The minimum Gasteiger partial charge on any atom is -0.463 e. The van der Waals surface area contributed by atoms with Crippen molar-refractivity contribution < 1.29 is 14.3 Å². The quantitative estimate of drug-likeness (QED) is 0.627. The minimum atomic E-state index is -0.329. The van der Waals surface area contributed by atoms with Gasteiger partial charge in [-0.05, 0) is 43.8 Å². The SMILES string of the molecule is CCOC(=O)C1=C(C)NC(=S)N[C@H]1c1ccc(N2CCOCC2)cc1. The van der Waals surface area contributed by atoms with Gasteiger partial charge in [0, 0.05) is 24.5 Å². The predicted molar refractivity (Wildman–Crippen MR) is 100 cm³/mol. The van der Waals surface area contributed by atoms with E-state index in [4.69, 9.17) is 21.7 Å². The summed E-state index contributed by atoms with van der Waals surface area (Å²) in [6.45, 7) is 7.26. The molecule has 1 fully saturated rings. The molecule has 0 unspecified atom stereocenters. The molecule has 0 aliphatic carbocycles. The Hall–Kier alpha value is -2.12. The zero-order valence-electron chi connectivity index (χ0n) is 14.5. The van der Waals surface area contributed by atoms with E-state index >= 15 is 0 Å². The van der Waals surface area contributed by atoms with Gasteiger partial charge in [0.25, 0.3) is 0 Å². The van der Waals surface area contributed by atoms with Gasteiger partial charge in [-0.25, -0.2) is 4.79 Å². The van der Waals surface area contributed by atoms with Gasteiger partial charge < -0.3 is 25.0 Å². The second-order valence-corrected chi connectivity index (χ2v) is 6.39. The number of carbonyl (C=O) groups is 1. The van der Waals surface area contributed by atoms with Crippen molar-refractivity contribution in [2.75, 3.05) is 37.8 Å². The molecular weight excluding hydrogens is 338 g/mol. The highest BCUT2D eigenvalue weighted by atomic mass is 32.1. The number of anilines is 1. The zero-order chi connectivity index (χ0) is 17.8. The van der Waals surface area contributed by atoms with Crippen LogP contribution in [0.5, 0.6) is 0 Å². The number of benzene rings is 1. The van der Waals surface area contributed by atoms with E-state index in [9.17, 15) is 4.79 Å². The number of nitrogens with one attached hydrogen (secondary N) is 2. The average Bonchev–Trinajstić information content (AvgIpc) is 2.62. The number of hydrogen-bond donors (Lipinski definition) is 2. The van der Waals surface area contributed by atoms with Crippen LogP contribution in [0.3, 0.4) is 0 Å². The molecule has 7 heteroatoms. The summed E-state index contributed by atoms with van der Waals surface area (Å²) >= 11 is 5.26. The zero-order valence-corrected chi connectivity index (χ0v) is 15.3. The molecule has 0 saturated carbocycles. The van der Waals surface area contributed by atoms with Gasteiger partial charge in [0.15, 0.2) is 5.11 Å². The summed E-state index contributed by atoms with van der Waals surface area (Å²) < 4.78 is 10.6. The molecule has 6 nitrogen and oxygen atoms in total. The smallest absolute Gasteiger partial charge is 0.338 e. The number of ether oxygens (including phenoxy) is 2. The second kappa shape index (κ2) is 7.84. The van der Waals surface area contributed by atoms with Crippen LogP contribution < -0.4 is 15.5 Å². The van der Waals surface area contributed by atoms with Crippen molar-refractivity contribution in [3.05, 3.63) is 41.1 Å². The lowest BCUT2D eigenvalue weighted by molar-refractivity contribution is -0.139. The average molecular weight is 361 g/mol. The van der Waals surface area contributed by atoms with E-state index in [1.807, 2.05) is 19.1 Å². The Bertz CT molecular complexity index is 681. The lowest BCUT2D eigenvalue weighted by Gasteiger charge is -2.31. The number of morpholine rings is 1. The number of thiocarbonyl (C=S) groups is 1. The molecule has 1 atom stereocenters. The third kappa shape index (κ3) is 3.93. The monoisotopic (exact) mass is 361 g/mol. The maximum atomic E-state index is 12.4. The molecule has 0 bridgehead atoms. The van der Waals surface area contributed by atoms with E-state index < -0.39 is 0 Å². The molecule has 2 aliphatic rings. The van der Waals surface area contributed by atoms with E-state index in [1.165, 1.54) is 0 Å². The number of nitrogens with zero attached hydrogens (tertiary/aromatic N) is 1. The fourth-order valence-corrected chi connectivity index (χ4v) is 3.39. The summed E-state index contributed by atoms with van der Waals surface area (Å²) in [6.07, 6.45) is 0. The molecule has 3 rings (SSSR count). The maximum absolute atomic E-state index is 12.4. The van der Waals surface area contributed by atoms with Crippen molar-refractivity contribution in [2.24, 2.45) is 0 Å². The molecule has 2 N–H and O–H groups in total. The third-order valence-electron chi connectivity index (χ3n) is 4.37. The molecular formula is C18H23N3O3S. The number of esters is 1. The van der Waals surface area contributed by atoms with Gasteiger partial charge in [-0.15, -0.1) is 0 Å². The van der Waals surface area contributed by atoms with E-state index in [2.05, 4.69) is 27.7 Å². The molecule has 0 aromatic heterocycles. The molecule has 1 aromatic rings. The van der Waals surface area contributed by atoms with Crippen molar-refractivity contribution in [1.29, 1.82) is 0 Å². The standard InChI is InChI=1S/C18H23N3O3S/c1-3-24-17(22)15-12(2)19-18(25)20-16(15)13-4-6-14(7-5-13)21-8-10-23-11-9-21/h4-7,16H,3,8-11H2,1-2H3,(H2,19,20,25)/t16-/m0/s1. The van der Waals surface area contributed by atoms with Crippen molar-refractivity contribution in [3.63, 3.8) is 0 Å². The highest BCUT2D eigenvalue weighted by Crippen LogP contribution is 2.29. The first kappa shape index (κ1) is 17.7. The minimum absolute atomic E-state index is 0.313. The van der Waals surface area contributed by atoms with E-state index in [0.29, 0.717) is 17.3 Å². The van der Waals surface area contributed by atoms with Crippen LogP contribution in [0, 0.1) is 0 Å². The van der Waals surface area contributed by atoms with Crippen molar-refractivity contribution >= 4 is 29.0 Å². The molecule has 2 aliphatic heterocycles. The lowest BCUT2D eigenvalue weighted by Crippen LogP contribution is -2.45. The van der Waals surface area contributed by atoms with Crippen LogP contribution in [-0.4, -0.2) is 44.0 Å². The Balaban J connectivity index is 1.86. The molecule has 0 amide bonds. The van der Waals surface area contributed by atoms with Crippen LogP contribution in [0.25, 0.3) is 0 Å². The Labute approximate surface area is 153 Å². The van der Waals surface area contributed by atoms with Crippen LogP contribution in [0.1, 0.15) is 25.5 Å². The summed E-state index contributed by atoms with van der Waals surface area (Å²) in [5, 5.41) is 6.70. The Morgan fingerprint density at radius 2 is 2.00 bits per heavy atom. The number of rotatable bonds is 4. The van der Waals surface area contributed by atoms with Gasteiger partial charge in [-0.2, -0.15) is 0 Å². The first-order chi connectivity index (χ1) is 12.1. The molecule has 25 heavy (non-hydrogen) atoms. The first-order valence-electron chi connectivity index (χ1n) is 8.48. The summed E-state index contributed by atoms with van der Waals surface area (Å²) in [5.41, 5.74) is 3.42. The van der Waals surface area contributed by atoms with Crippen molar-refractivity contribution in [2.45, 2.75) is 19.9 Å². The number of hydrogen-bond acceptors (Lipinski definition) is 5. The second-order valence-electron chi connectivity index (χ2n) is 5.98. The molecule has 2 heterocycles. The highest BCUT2D eigenvalue weighted by Gasteiger charge is 2.30. The van der Waals surface area contributed by atoms with Gasteiger partial charge in [0.05, 0.1) is 31.4 Å². The summed E-state index contributed by atoms with van der Waals surface area (Å²) in [6, 6.07) is 7.90. The fourth-order valence-electron chi connectivity index (χ4n) is 3.12. The molecule has 0 radical (unpaired) electrons. The Kier molecular flexibility index (Phi) is 5.55. The molecule has 1 aromatic carbocycles. The van der Waals surface area contributed by atoms with Gasteiger partial charge in [-0.1, -0.05) is 12.1 Å². The van der Waals surface area contributed by atoms with Gasteiger partial charge in [0.1, 0.15) is 0 Å². The molecule has 1 saturated heterocycles. The summed E-state index contributed by atoms with van der Waals surface area (Å²) in [4.78, 5) is 14.7. The van der Waals surface area contributed by atoms with Crippen LogP contribution in [0.4, 0.5) is 5.69 Å². The van der Waals surface area contributed by atoms with Gasteiger partial charge >= 0.3 is 5.97 Å². The largest absolute Gasteiger partial charge is 0.463 e. The van der Waals surface area contributed by atoms with Crippen LogP contribution in [0.2, 0.25) is 0 Å².